The van der Waals surface area contributed by atoms with Crippen molar-refractivity contribution >= 4 is 14.2 Å². The minimum absolute atomic E-state index is 0.0429. The topological polar surface area (TPSA) is 214 Å². The fraction of sp³-hybridized carbons (Fsp3) is 0.438. The Morgan fingerprint density at radius 2 is 1.41 bits per heavy atom. The summed E-state index contributed by atoms with van der Waals surface area (Å²) in [6.45, 7) is 11.8. The number of amides is 1. The fourth-order valence-corrected chi connectivity index (χ4v) is 9.74. The highest BCUT2D eigenvalue weighted by molar-refractivity contribution is 6.74. The molecule has 0 unspecified atom stereocenters. The molecule has 0 radical (unpaired) electrons. The Balaban J connectivity index is 1.25. The summed E-state index contributed by atoms with van der Waals surface area (Å²) in [6, 6.07) is 26.2. The number of aliphatic hydroxyl groups is 1. The van der Waals surface area contributed by atoms with E-state index < -0.39 is 85.1 Å². The number of H-pyrrole nitrogens is 2. The molecule has 4 N–H and O–H groups in total. The van der Waals surface area contributed by atoms with Crippen LogP contribution in [0.2, 0.25) is 18.1 Å². The van der Waals surface area contributed by atoms with Gasteiger partial charge in [0, 0.05) is 49.3 Å². The van der Waals surface area contributed by atoms with Crippen LogP contribution in [0.15, 0.2) is 117 Å². The number of aryl methyl sites for hydroxylation is 1. The van der Waals surface area contributed by atoms with E-state index in [1.54, 1.807) is 21.1 Å². The van der Waals surface area contributed by atoms with Crippen molar-refractivity contribution in [3.8, 4) is 11.5 Å². The molecule has 5 aromatic rings. The molecule has 7 atom stereocenters. The van der Waals surface area contributed by atoms with Gasteiger partial charge in [0.15, 0.2) is 8.32 Å². The van der Waals surface area contributed by atoms with Gasteiger partial charge in [0.1, 0.15) is 41.8 Å². The summed E-state index contributed by atoms with van der Waals surface area (Å²) < 4.78 is 41.0. The summed E-state index contributed by atoms with van der Waals surface area (Å²) >= 11 is 0. The lowest BCUT2D eigenvalue weighted by molar-refractivity contribution is -0.124. The van der Waals surface area contributed by atoms with Crippen LogP contribution in [0.4, 0.5) is 0 Å². The maximum atomic E-state index is 14.2. The van der Waals surface area contributed by atoms with Crippen LogP contribution in [0.3, 0.4) is 0 Å². The zero-order chi connectivity index (χ0) is 47.6. The molecule has 4 heterocycles. The molecule has 352 valence electrons. The van der Waals surface area contributed by atoms with Crippen LogP contribution < -0.4 is 37.3 Å². The molecule has 18 heteroatoms. The number of methoxy groups -OCH3 is 2. The van der Waals surface area contributed by atoms with Gasteiger partial charge in [-0.25, -0.2) is 9.59 Å². The molecule has 3 aromatic carbocycles. The quantitative estimate of drug-likeness (QED) is 0.0797. The third-order valence-electron chi connectivity index (χ3n) is 13.1. The molecule has 0 saturated carbocycles. The minimum atomic E-state index is -2.69. The van der Waals surface area contributed by atoms with Gasteiger partial charge in [-0.05, 0) is 66.0 Å². The largest absolute Gasteiger partial charge is 0.497 e. The molecule has 2 fully saturated rings. The molecule has 0 spiro atoms. The molecular weight excluding hydrogens is 867 g/mol. The molecule has 2 aliphatic heterocycles. The van der Waals surface area contributed by atoms with E-state index in [-0.39, 0.29) is 31.0 Å². The lowest BCUT2D eigenvalue weighted by Gasteiger charge is -2.41. The van der Waals surface area contributed by atoms with Crippen molar-refractivity contribution in [3.05, 3.63) is 161 Å². The molecule has 7 rings (SSSR count). The smallest absolute Gasteiger partial charge is 0.330 e. The van der Waals surface area contributed by atoms with Gasteiger partial charge in [-0.2, -0.15) is 0 Å². The number of rotatable bonds is 16. The lowest BCUT2D eigenvalue weighted by atomic mass is 9.80. The van der Waals surface area contributed by atoms with Crippen molar-refractivity contribution in [2.75, 3.05) is 27.4 Å². The van der Waals surface area contributed by atoms with Gasteiger partial charge in [-0.1, -0.05) is 75.4 Å². The van der Waals surface area contributed by atoms with E-state index in [0.29, 0.717) is 17.1 Å². The molecule has 66 heavy (non-hydrogen) atoms. The number of benzene rings is 3. The van der Waals surface area contributed by atoms with Gasteiger partial charge in [-0.3, -0.25) is 33.5 Å². The molecular formula is C48H59N5O12Si. The van der Waals surface area contributed by atoms with Gasteiger partial charge in [0.05, 0.1) is 33.0 Å². The summed E-state index contributed by atoms with van der Waals surface area (Å²) in [5.74, 6) is 0.0406. The van der Waals surface area contributed by atoms with Crippen molar-refractivity contribution in [2.45, 2.75) is 101 Å². The van der Waals surface area contributed by atoms with Gasteiger partial charge in [0.25, 0.3) is 11.1 Å². The second-order valence-electron chi connectivity index (χ2n) is 18.3. The van der Waals surface area contributed by atoms with Crippen molar-refractivity contribution in [2.24, 2.45) is 5.92 Å². The van der Waals surface area contributed by atoms with Crippen LogP contribution in [0, 0.1) is 12.8 Å². The standard InChI is InChI=1S/C48H59N5O12Si/c1-29-27-53(46(59)51-43(29)57)41-25-36(54)37(63-41)26-49-40(56)24-35-42(65-66(7,8)47(2,3)4)38(64-44(35)52-23-22-39(55)50-45(52)58)28-62-48(30-12-10-9-11-13-30,31-14-18-33(60-5)19-15-31)32-16-20-34(61-6)21-17-32/h9-23,27,35-38,41-42,44,54H,24-26,28H2,1-8H3,(H,49,56)(H,50,55,58)(H,51,57,59)/t35-,36+,37-,38-,41-,42+,44-/m1/s1. The van der Waals surface area contributed by atoms with E-state index in [0.717, 1.165) is 16.7 Å². The van der Waals surface area contributed by atoms with Gasteiger partial charge >= 0.3 is 11.4 Å². The number of nitrogens with zero attached hydrogens (tertiary/aromatic N) is 2. The van der Waals surface area contributed by atoms with Crippen molar-refractivity contribution in [1.82, 2.24) is 24.4 Å². The lowest BCUT2D eigenvalue weighted by Crippen LogP contribution is -2.50. The average Bonchev–Trinajstić information content (AvgIpc) is 3.82. The number of aliphatic hydroxyl groups excluding tert-OH is 1. The van der Waals surface area contributed by atoms with E-state index in [4.69, 9.17) is 28.1 Å². The monoisotopic (exact) mass is 925 g/mol. The summed E-state index contributed by atoms with van der Waals surface area (Å²) in [5.41, 5.74) is -1.12. The first-order valence-electron chi connectivity index (χ1n) is 21.9. The highest BCUT2D eigenvalue weighted by Gasteiger charge is 2.53. The maximum Gasteiger partial charge on any atom is 0.330 e. The van der Waals surface area contributed by atoms with Crippen LogP contribution >= 0.6 is 0 Å². The second-order valence-corrected chi connectivity index (χ2v) is 23.1. The van der Waals surface area contributed by atoms with E-state index >= 15 is 0 Å². The third-order valence-corrected chi connectivity index (χ3v) is 17.5. The van der Waals surface area contributed by atoms with Crippen LogP contribution in [-0.2, 0) is 29.0 Å². The molecule has 1 amide bonds. The van der Waals surface area contributed by atoms with E-state index in [9.17, 15) is 29.1 Å². The first-order valence-corrected chi connectivity index (χ1v) is 24.8. The Hall–Kier alpha value is -5.89. The van der Waals surface area contributed by atoms with Crippen LogP contribution in [0.5, 0.6) is 11.5 Å². The Labute approximate surface area is 382 Å². The number of carbonyl (C=O) groups excluding carboxylic acids is 1. The second kappa shape index (κ2) is 19.5. The normalized spacial score (nSPS) is 22.3. The molecule has 17 nitrogen and oxygen atoms in total. The number of carbonyl (C=O) groups is 1. The van der Waals surface area contributed by atoms with Gasteiger partial charge < -0.3 is 38.5 Å². The summed E-state index contributed by atoms with van der Waals surface area (Å²) in [6.07, 6.45) is -3.08. The Morgan fingerprint density at radius 3 is 1.98 bits per heavy atom. The SMILES string of the molecule is COc1ccc(C(OC[C@H]2O[C@@H](n3ccc(=O)[nH]c3=O)[C@H](CC(=O)NC[C@H]3O[C@@H](n4cc(C)c(=O)[nH]c4=O)C[C@@H]3O)[C@@H]2O[Si](C)(C)C(C)(C)C)(c2ccccc2)c2ccc(OC)cc2)cc1. The first kappa shape index (κ1) is 48.1. The maximum absolute atomic E-state index is 14.2. The van der Waals surface area contributed by atoms with Gasteiger partial charge in [-0.15, -0.1) is 0 Å². The Morgan fingerprint density at radius 1 is 0.818 bits per heavy atom. The highest BCUT2D eigenvalue weighted by atomic mass is 28.4. The molecule has 0 aliphatic carbocycles. The number of aromatic amines is 2. The van der Waals surface area contributed by atoms with E-state index in [2.05, 4.69) is 49.1 Å². The summed E-state index contributed by atoms with van der Waals surface area (Å²) in [7, 11) is 0.509. The zero-order valence-electron chi connectivity index (χ0n) is 38.4. The minimum Gasteiger partial charge on any atom is -0.497 e. The molecule has 2 aromatic heterocycles. The number of hydrogen-bond donors (Lipinski definition) is 4. The number of hydrogen-bond acceptors (Lipinski definition) is 12. The van der Waals surface area contributed by atoms with Crippen molar-refractivity contribution in [1.29, 1.82) is 0 Å². The van der Waals surface area contributed by atoms with Crippen LogP contribution in [-0.4, -0.2) is 90.2 Å². The third kappa shape index (κ3) is 9.94. The number of ether oxygens (including phenoxy) is 5. The Kier molecular flexibility index (Phi) is 14.2. The predicted molar refractivity (Wildman–Crippen MR) is 247 cm³/mol. The Bertz CT molecular complexity index is 2660. The summed E-state index contributed by atoms with van der Waals surface area (Å²) in [5, 5.41) is 13.6. The van der Waals surface area contributed by atoms with Crippen LogP contribution in [0.1, 0.15) is 68.3 Å². The average molecular weight is 926 g/mol. The van der Waals surface area contributed by atoms with Gasteiger partial charge in [0.2, 0.25) is 5.91 Å². The summed E-state index contributed by atoms with van der Waals surface area (Å²) in [4.78, 5) is 69.4. The van der Waals surface area contributed by atoms with Crippen molar-refractivity contribution < 1.29 is 38.0 Å². The first-order chi connectivity index (χ1) is 31.3. The highest BCUT2D eigenvalue weighted by Crippen LogP contribution is 2.47. The zero-order valence-corrected chi connectivity index (χ0v) is 39.4. The molecule has 0 bridgehead atoms. The van der Waals surface area contributed by atoms with Crippen molar-refractivity contribution in [3.63, 3.8) is 0 Å². The predicted octanol–water partition coefficient (Wildman–Crippen LogP) is 4.48. The molecule has 2 saturated heterocycles. The molecule has 2 aliphatic rings. The number of aromatic nitrogens is 4. The fourth-order valence-electron chi connectivity index (χ4n) is 8.38. The van der Waals surface area contributed by atoms with Crippen LogP contribution in [0.25, 0.3) is 0 Å². The van der Waals surface area contributed by atoms with E-state index in [1.165, 1.54) is 27.6 Å². The number of nitrogens with one attached hydrogen (secondary N) is 3. The van der Waals surface area contributed by atoms with E-state index in [1.807, 2.05) is 78.9 Å².